The van der Waals surface area contributed by atoms with Crippen LogP contribution in [0, 0.1) is 0 Å². The smallest absolute Gasteiger partial charge is 0.197 e. The van der Waals surface area contributed by atoms with E-state index in [2.05, 4.69) is 15.3 Å². The first-order chi connectivity index (χ1) is 10.2. The Balaban J connectivity index is 1.59. The molecule has 3 rings (SSSR count). The summed E-state index contributed by atoms with van der Waals surface area (Å²) in [5.74, 6) is 3.14. The molecule has 0 aliphatic heterocycles. The van der Waals surface area contributed by atoms with Crippen molar-refractivity contribution in [1.82, 2.24) is 4.98 Å². The molecule has 0 spiro atoms. The summed E-state index contributed by atoms with van der Waals surface area (Å²) in [7, 11) is 1.62. The summed E-state index contributed by atoms with van der Waals surface area (Å²) in [5.41, 5.74) is 6.69. The highest BCUT2D eigenvalue weighted by Crippen LogP contribution is 2.39. The summed E-state index contributed by atoms with van der Waals surface area (Å²) >= 11 is 0. The third-order valence-electron chi connectivity index (χ3n) is 3.25. The molecule has 0 radical (unpaired) electrons. The van der Waals surface area contributed by atoms with E-state index in [-0.39, 0.29) is 0 Å². The SMILES string of the molecule is COc1cccc(NC(N)=NCc2cnc(C3CC3)o2)c1. The van der Waals surface area contributed by atoms with E-state index in [1.165, 1.54) is 12.8 Å². The number of oxazole rings is 1. The standard InChI is InChI=1S/C15H18N4O2/c1-20-12-4-2-3-11(7-12)19-15(16)18-9-13-8-17-14(21-13)10-5-6-10/h2-4,7-8,10H,5-6,9H2,1H3,(H3,16,18,19). The summed E-state index contributed by atoms with van der Waals surface area (Å²) in [6, 6.07) is 7.49. The van der Waals surface area contributed by atoms with Gasteiger partial charge in [-0.05, 0) is 25.0 Å². The molecule has 21 heavy (non-hydrogen) atoms. The van der Waals surface area contributed by atoms with E-state index in [1.807, 2.05) is 24.3 Å². The molecule has 0 bridgehead atoms. The lowest BCUT2D eigenvalue weighted by Gasteiger charge is -2.06. The Morgan fingerprint density at radius 3 is 3.14 bits per heavy atom. The minimum atomic E-state index is 0.327. The first-order valence-electron chi connectivity index (χ1n) is 6.90. The summed E-state index contributed by atoms with van der Waals surface area (Å²) in [4.78, 5) is 8.50. The summed E-state index contributed by atoms with van der Waals surface area (Å²) in [6.45, 7) is 0.378. The van der Waals surface area contributed by atoms with Gasteiger partial charge in [0.25, 0.3) is 0 Å². The van der Waals surface area contributed by atoms with Crippen LogP contribution in [0.3, 0.4) is 0 Å². The van der Waals surface area contributed by atoms with Crippen LogP contribution >= 0.6 is 0 Å². The predicted octanol–water partition coefficient (Wildman–Crippen LogP) is 2.49. The van der Waals surface area contributed by atoms with Crippen LogP contribution in [0.1, 0.15) is 30.4 Å². The lowest BCUT2D eigenvalue weighted by Crippen LogP contribution is -2.22. The molecule has 1 fully saturated rings. The van der Waals surface area contributed by atoms with Crippen LogP contribution in [-0.4, -0.2) is 18.1 Å². The van der Waals surface area contributed by atoms with Gasteiger partial charge in [0.2, 0.25) is 0 Å². The maximum absolute atomic E-state index is 5.86. The lowest BCUT2D eigenvalue weighted by molar-refractivity contribution is 0.415. The maximum Gasteiger partial charge on any atom is 0.197 e. The van der Waals surface area contributed by atoms with Gasteiger partial charge in [-0.2, -0.15) is 0 Å². The van der Waals surface area contributed by atoms with Crippen molar-refractivity contribution in [2.45, 2.75) is 25.3 Å². The van der Waals surface area contributed by atoms with E-state index in [1.54, 1.807) is 13.3 Å². The van der Waals surface area contributed by atoms with Crippen molar-refractivity contribution < 1.29 is 9.15 Å². The van der Waals surface area contributed by atoms with Crippen molar-refractivity contribution in [2.24, 2.45) is 10.7 Å². The van der Waals surface area contributed by atoms with Crippen LogP contribution in [0.25, 0.3) is 0 Å². The molecule has 3 N–H and O–H groups in total. The zero-order chi connectivity index (χ0) is 14.7. The molecule has 0 unspecified atom stereocenters. The molecule has 1 heterocycles. The molecule has 1 saturated carbocycles. The molecular weight excluding hydrogens is 268 g/mol. The number of ether oxygens (including phenoxy) is 1. The average Bonchev–Trinajstić information content (AvgIpc) is 3.24. The first-order valence-corrected chi connectivity index (χ1v) is 6.90. The number of benzene rings is 1. The van der Waals surface area contributed by atoms with Gasteiger partial charge >= 0.3 is 0 Å². The number of methoxy groups -OCH3 is 1. The number of aromatic nitrogens is 1. The Hall–Kier alpha value is -2.50. The van der Waals surface area contributed by atoms with E-state index < -0.39 is 0 Å². The lowest BCUT2D eigenvalue weighted by atomic mass is 10.3. The van der Waals surface area contributed by atoms with E-state index in [0.29, 0.717) is 18.4 Å². The predicted molar refractivity (Wildman–Crippen MR) is 80.4 cm³/mol. The molecular formula is C15H18N4O2. The second-order valence-electron chi connectivity index (χ2n) is 5.00. The van der Waals surface area contributed by atoms with E-state index >= 15 is 0 Å². The molecule has 1 aliphatic rings. The van der Waals surface area contributed by atoms with E-state index in [9.17, 15) is 0 Å². The van der Waals surface area contributed by atoms with Crippen LogP contribution < -0.4 is 15.8 Å². The van der Waals surface area contributed by atoms with Crippen molar-refractivity contribution in [3.8, 4) is 5.75 Å². The van der Waals surface area contributed by atoms with Crippen LogP contribution in [-0.2, 0) is 6.54 Å². The molecule has 110 valence electrons. The summed E-state index contributed by atoms with van der Waals surface area (Å²) < 4.78 is 10.8. The number of guanidine groups is 1. The Bertz CT molecular complexity index is 647. The van der Waals surface area contributed by atoms with Gasteiger partial charge < -0.3 is 20.2 Å². The number of nitrogens with two attached hydrogens (primary N) is 1. The van der Waals surface area contributed by atoms with Crippen LogP contribution in [0.5, 0.6) is 5.75 Å². The zero-order valence-corrected chi connectivity index (χ0v) is 11.9. The number of hydrogen-bond donors (Lipinski definition) is 2. The molecule has 1 aromatic carbocycles. The molecule has 6 nitrogen and oxygen atoms in total. The number of anilines is 1. The fourth-order valence-electron chi connectivity index (χ4n) is 1.97. The van der Waals surface area contributed by atoms with E-state index in [4.69, 9.17) is 14.9 Å². The second-order valence-corrected chi connectivity index (χ2v) is 5.00. The highest BCUT2D eigenvalue weighted by molar-refractivity contribution is 5.92. The number of nitrogens with one attached hydrogen (secondary N) is 1. The highest BCUT2D eigenvalue weighted by Gasteiger charge is 2.28. The van der Waals surface area contributed by atoms with Crippen LogP contribution in [0.4, 0.5) is 5.69 Å². The van der Waals surface area contributed by atoms with Gasteiger partial charge in [0.15, 0.2) is 11.9 Å². The molecule has 2 aromatic rings. The molecule has 0 atom stereocenters. The Kier molecular flexibility index (Phi) is 3.77. The number of nitrogens with zero attached hydrogens (tertiary/aromatic N) is 2. The molecule has 1 aliphatic carbocycles. The van der Waals surface area contributed by atoms with Crippen molar-refractivity contribution in [3.63, 3.8) is 0 Å². The third kappa shape index (κ3) is 3.53. The first kappa shape index (κ1) is 13.5. The van der Waals surface area contributed by atoms with Gasteiger partial charge in [-0.15, -0.1) is 0 Å². The minimum absolute atomic E-state index is 0.327. The number of hydrogen-bond acceptors (Lipinski definition) is 4. The third-order valence-corrected chi connectivity index (χ3v) is 3.25. The normalized spacial score (nSPS) is 15.0. The molecule has 1 aromatic heterocycles. The Morgan fingerprint density at radius 2 is 2.38 bits per heavy atom. The summed E-state index contributed by atoms with van der Waals surface area (Å²) in [6.07, 6.45) is 4.06. The van der Waals surface area contributed by atoms with Gasteiger partial charge in [-0.1, -0.05) is 6.07 Å². The highest BCUT2D eigenvalue weighted by atomic mass is 16.5. The molecule has 6 heteroatoms. The second kappa shape index (κ2) is 5.87. The fourth-order valence-corrected chi connectivity index (χ4v) is 1.97. The fraction of sp³-hybridized carbons (Fsp3) is 0.333. The van der Waals surface area contributed by atoms with Crippen LogP contribution in [0.2, 0.25) is 0 Å². The van der Waals surface area contributed by atoms with Crippen molar-refractivity contribution >= 4 is 11.6 Å². The number of aliphatic imine (C=N–C) groups is 1. The van der Waals surface area contributed by atoms with E-state index in [0.717, 1.165) is 23.1 Å². The largest absolute Gasteiger partial charge is 0.497 e. The monoisotopic (exact) mass is 286 g/mol. The van der Waals surface area contributed by atoms with Crippen molar-refractivity contribution in [2.75, 3.05) is 12.4 Å². The zero-order valence-electron chi connectivity index (χ0n) is 11.9. The molecule has 0 saturated heterocycles. The van der Waals surface area contributed by atoms with Crippen LogP contribution in [0.15, 0.2) is 39.9 Å². The van der Waals surface area contributed by atoms with Crippen molar-refractivity contribution in [3.05, 3.63) is 42.1 Å². The maximum atomic E-state index is 5.86. The quantitative estimate of drug-likeness (QED) is 0.651. The Morgan fingerprint density at radius 1 is 1.52 bits per heavy atom. The van der Waals surface area contributed by atoms with Gasteiger partial charge in [-0.25, -0.2) is 9.98 Å². The average molecular weight is 286 g/mol. The minimum Gasteiger partial charge on any atom is -0.497 e. The topological polar surface area (TPSA) is 85.7 Å². The van der Waals surface area contributed by atoms with Gasteiger partial charge in [0.05, 0.1) is 13.3 Å². The number of rotatable bonds is 5. The molecule has 0 amide bonds. The van der Waals surface area contributed by atoms with Gasteiger partial charge in [0, 0.05) is 17.7 Å². The Labute approximate surface area is 123 Å². The van der Waals surface area contributed by atoms with Crippen molar-refractivity contribution in [1.29, 1.82) is 0 Å². The summed E-state index contributed by atoms with van der Waals surface area (Å²) in [5, 5.41) is 3.01. The van der Waals surface area contributed by atoms with Gasteiger partial charge in [-0.3, -0.25) is 0 Å². The van der Waals surface area contributed by atoms with Gasteiger partial charge in [0.1, 0.15) is 18.1 Å².